The van der Waals surface area contributed by atoms with Crippen LogP contribution in [0.3, 0.4) is 0 Å². The summed E-state index contributed by atoms with van der Waals surface area (Å²) in [5.74, 6) is 1.65. The first kappa shape index (κ1) is 12.8. The number of hydrogen-bond acceptors (Lipinski definition) is 1. The van der Waals surface area contributed by atoms with E-state index in [1.54, 1.807) is 5.56 Å². The number of rotatable bonds is 1. The summed E-state index contributed by atoms with van der Waals surface area (Å²) in [6, 6.07) is 6.95. The first-order valence-electron chi connectivity index (χ1n) is 7.69. The summed E-state index contributed by atoms with van der Waals surface area (Å²) in [4.78, 5) is 2.31. The summed E-state index contributed by atoms with van der Waals surface area (Å²) >= 11 is 0. The van der Waals surface area contributed by atoms with Crippen molar-refractivity contribution in [3.05, 3.63) is 41.6 Å². The number of anilines is 1. The molecule has 1 unspecified atom stereocenters. The highest BCUT2D eigenvalue weighted by Gasteiger charge is 2.31. The van der Waals surface area contributed by atoms with Crippen LogP contribution in [-0.4, -0.2) is 7.05 Å². The Balaban J connectivity index is 2.04. The SMILES string of the molecule is C=C1CCC(C2CCCC2)c2cc(C)ccc2N1C. The fourth-order valence-electron chi connectivity index (χ4n) is 3.94. The van der Waals surface area contributed by atoms with Gasteiger partial charge in [-0.05, 0) is 56.1 Å². The predicted octanol–water partition coefficient (Wildman–Crippen LogP) is 5.01. The van der Waals surface area contributed by atoms with E-state index in [9.17, 15) is 0 Å². The minimum absolute atomic E-state index is 0.749. The molecule has 1 fully saturated rings. The topological polar surface area (TPSA) is 3.24 Å². The highest BCUT2D eigenvalue weighted by molar-refractivity contribution is 5.60. The Morgan fingerprint density at radius 2 is 1.89 bits per heavy atom. The fourth-order valence-corrected chi connectivity index (χ4v) is 3.94. The third-order valence-electron chi connectivity index (χ3n) is 5.13. The lowest BCUT2D eigenvalue weighted by Crippen LogP contribution is -2.15. The zero-order valence-electron chi connectivity index (χ0n) is 12.3. The van der Waals surface area contributed by atoms with E-state index in [0.29, 0.717) is 0 Å². The standard InChI is InChI=1S/C18H25N/c1-13-8-11-18-17(12-13)16(15-6-4-5-7-15)10-9-14(2)19(18)3/h8,11-12,15-16H,2,4-7,9-10H2,1,3H3. The second-order valence-electron chi connectivity index (χ2n) is 6.38. The second kappa shape index (κ2) is 5.03. The molecule has 1 aromatic carbocycles. The summed E-state index contributed by atoms with van der Waals surface area (Å²) < 4.78 is 0. The molecular weight excluding hydrogens is 230 g/mol. The molecule has 102 valence electrons. The van der Waals surface area contributed by atoms with E-state index >= 15 is 0 Å². The molecule has 3 rings (SSSR count). The molecule has 0 amide bonds. The van der Waals surface area contributed by atoms with Gasteiger partial charge in [0, 0.05) is 18.4 Å². The number of allylic oxidation sites excluding steroid dienone is 1. The molecule has 19 heavy (non-hydrogen) atoms. The molecule has 1 atom stereocenters. The Morgan fingerprint density at radius 1 is 1.16 bits per heavy atom. The van der Waals surface area contributed by atoms with Crippen molar-refractivity contribution in [3.63, 3.8) is 0 Å². The van der Waals surface area contributed by atoms with Crippen molar-refractivity contribution in [3.8, 4) is 0 Å². The van der Waals surface area contributed by atoms with Crippen LogP contribution in [0.2, 0.25) is 0 Å². The first-order valence-corrected chi connectivity index (χ1v) is 7.69. The average molecular weight is 255 g/mol. The van der Waals surface area contributed by atoms with Crippen molar-refractivity contribution in [2.45, 2.75) is 51.4 Å². The molecular formula is C18H25N. The van der Waals surface area contributed by atoms with Gasteiger partial charge >= 0.3 is 0 Å². The van der Waals surface area contributed by atoms with Crippen molar-refractivity contribution in [1.29, 1.82) is 0 Å². The molecule has 1 aliphatic heterocycles. The molecule has 1 nitrogen and oxygen atoms in total. The van der Waals surface area contributed by atoms with Gasteiger partial charge in [0.15, 0.2) is 0 Å². The number of nitrogens with zero attached hydrogens (tertiary/aromatic N) is 1. The zero-order chi connectivity index (χ0) is 13.4. The highest BCUT2D eigenvalue weighted by atomic mass is 15.1. The third-order valence-corrected chi connectivity index (χ3v) is 5.13. The Morgan fingerprint density at radius 3 is 2.63 bits per heavy atom. The lowest BCUT2D eigenvalue weighted by atomic mass is 9.81. The van der Waals surface area contributed by atoms with Crippen LogP contribution in [0.25, 0.3) is 0 Å². The molecule has 0 N–H and O–H groups in total. The van der Waals surface area contributed by atoms with Crippen molar-refractivity contribution in [2.24, 2.45) is 5.92 Å². The molecule has 0 radical (unpaired) electrons. The highest BCUT2D eigenvalue weighted by Crippen LogP contribution is 2.46. The molecule has 0 saturated heterocycles. The van der Waals surface area contributed by atoms with Gasteiger partial charge in [-0.1, -0.05) is 37.1 Å². The largest absolute Gasteiger partial charge is 0.349 e. The first-order chi connectivity index (χ1) is 9.16. The van der Waals surface area contributed by atoms with Gasteiger partial charge in [-0.25, -0.2) is 0 Å². The van der Waals surface area contributed by atoms with Gasteiger partial charge < -0.3 is 4.90 Å². The van der Waals surface area contributed by atoms with Crippen molar-refractivity contribution < 1.29 is 0 Å². The van der Waals surface area contributed by atoms with Crippen LogP contribution in [0.15, 0.2) is 30.5 Å². The van der Waals surface area contributed by atoms with Crippen molar-refractivity contribution in [2.75, 3.05) is 11.9 Å². The van der Waals surface area contributed by atoms with E-state index in [0.717, 1.165) is 18.3 Å². The lowest BCUT2D eigenvalue weighted by Gasteiger charge is -2.26. The van der Waals surface area contributed by atoms with Crippen molar-refractivity contribution >= 4 is 5.69 Å². The minimum Gasteiger partial charge on any atom is -0.349 e. The second-order valence-corrected chi connectivity index (χ2v) is 6.38. The number of fused-ring (bicyclic) bond motifs is 1. The van der Waals surface area contributed by atoms with Crippen LogP contribution in [0.1, 0.15) is 55.6 Å². The predicted molar refractivity (Wildman–Crippen MR) is 82.7 cm³/mol. The molecule has 1 heteroatoms. The summed E-state index contributed by atoms with van der Waals surface area (Å²) in [6.07, 6.45) is 8.14. The van der Waals surface area contributed by atoms with E-state index < -0.39 is 0 Å². The summed E-state index contributed by atoms with van der Waals surface area (Å²) in [6.45, 7) is 6.48. The number of aryl methyl sites for hydroxylation is 1. The van der Waals surface area contributed by atoms with E-state index in [1.807, 2.05) is 0 Å². The van der Waals surface area contributed by atoms with Crippen LogP contribution < -0.4 is 4.90 Å². The maximum Gasteiger partial charge on any atom is 0.0441 e. The normalized spacial score (nSPS) is 24.4. The molecule has 1 aliphatic carbocycles. The summed E-state index contributed by atoms with van der Waals surface area (Å²) in [5, 5.41) is 0. The van der Waals surface area contributed by atoms with E-state index in [-0.39, 0.29) is 0 Å². The quantitative estimate of drug-likeness (QED) is 0.681. The van der Waals surface area contributed by atoms with Gasteiger partial charge in [-0.3, -0.25) is 0 Å². The Bertz CT molecular complexity index is 482. The van der Waals surface area contributed by atoms with Gasteiger partial charge in [0.25, 0.3) is 0 Å². The third kappa shape index (κ3) is 2.31. The average Bonchev–Trinajstić information content (AvgIpc) is 2.88. The zero-order valence-corrected chi connectivity index (χ0v) is 12.3. The van der Waals surface area contributed by atoms with Crippen LogP contribution >= 0.6 is 0 Å². The van der Waals surface area contributed by atoms with Crippen LogP contribution in [0.4, 0.5) is 5.69 Å². The van der Waals surface area contributed by atoms with E-state index in [2.05, 4.69) is 43.6 Å². The smallest absolute Gasteiger partial charge is 0.0441 e. The minimum atomic E-state index is 0.749. The maximum absolute atomic E-state index is 4.26. The molecule has 1 heterocycles. The van der Waals surface area contributed by atoms with Gasteiger partial charge in [0.1, 0.15) is 0 Å². The lowest BCUT2D eigenvalue weighted by molar-refractivity contribution is 0.415. The van der Waals surface area contributed by atoms with Crippen molar-refractivity contribution in [1.82, 2.24) is 0 Å². The summed E-state index contributed by atoms with van der Waals surface area (Å²) in [7, 11) is 2.17. The Labute approximate surface area is 117 Å². The number of benzene rings is 1. The number of hydrogen-bond donors (Lipinski definition) is 0. The van der Waals surface area contributed by atoms with Gasteiger partial charge in [-0.15, -0.1) is 0 Å². The monoisotopic (exact) mass is 255 g/mol. The van der Waals surface area contributed by atoms with Crippen LogP contribution in [0, 0.1) is 12.8 Å². The van der Waals surface area contributed by atoms with Gasteiger partial charge in [0.2, 0.25) is 0 Å². The van der Waals surface area contributed by atoms with Crippen LogP contribution in [-0.2, 0) is 0 Å². The maximum atomic E-state index is 4.26. The molecule has 0 spiro atoms. The fraction of sp³-hybridized carbons (Fsp3) is 0.556. The molecule has 2 aliphatic rings. The molecule has 1 saturated carbocycles. The van der Waals surface area contributed by atoms with Gasteiger partial charge in [0.05, 0.1) is 0 Å². The molecule has 1 aromatic rings. The Kier molecular flexibility index (Phi) is 3.38. The van der Waals surface area contributed by atoms with Gasteiger partial charge in [-0.2, -0.15) is 0 Å². The molecule has 0 bridgehead atoms. The van der Waals surface area contributed by atoms with E-state index in [4.69, 9.17) is 0 Å². The Hall–Kier alpha value is -1.24. The van der Waals surface area contributed by atoms with Crippen LogP contribution in [0.5, 0.6) is 0 Å². The van der Waals surface area contributed by atoms with E-state index in [1.165, 1.54) is 49.1 Å². The molecule has 0 aromatic heterocycles. The summed E-state index contributed by atoms with van der Waals surface area (Å²) in [5.41, 5.74) is 5.63.